The molecular formula is C24H27N5O3. The molecular weight excluding hydrogens is 406 g/mol. The van der Waals surface area contributed by atoms with Crippen LogP contribution >= 0.6 is 0 Å². The molecule has 0 radical (unpaired) electrons. The second-order valence-corrected chi connectivity index (χ2v) is 7.55. The Morgan fingerprint density at radius 3 is 2.62 bits per heavy atom. The molecule has 2 N–H and O–H groups in total. The minimum Gasteiger partial charge on any atom is -0.493 e. The Kier molecular flexibility index (Phi) is 6.69. The van der Waals surface area contributed by atoms with Crippen LogP contribution in [0.5, 0.6) is 11.5 Å². The zero-order valence-corrected chi connectivity index (χ0v) is 18.3. The number of hydrazone groups is 1. The van der Waals surface area contributed by atoms with Gasteiger partial charge in [0, 0.05) is 30.5 Å². The van der Waals surface area contributed by atoms with Crippen molar-refractivity contribution in [1.29, 1.82) is 0 Å². The smallest absolute Gasteiger partial charge is 0.273 e. The third-order valence-electron chi connectivity index (χ3n) is 5.42. The normalized spacial score (nSPS) is 13.4. The van der Waals surface area contributed by atoms with E-state index in [-0.39, 0.29) is 5.91 Å². The van der Waals surface area contributed by atoms with E-state index in [9.17, 15) is 4.79 Å². The van der Waals surface area contributed by atoms with Crippen LogP contribution in [0.25, 0.3) is 0 Å². The number of hydrogen-bond donors (Lipinski definition) is 2. The van der Waals surface area contributed by atoms with Gasteiger partial charge in [0.25, 0.3) is 5.91 Å². The highest BCUT2D eigenvalue weighted by molar-refractivity contribution is 6.02. The number of carbonyl (C=O) groups is 1. The summed E-state index contributed by atoms with van der Waals surface area (Å²) in [6.45, 7) is 1.77. The van der Waals surface area contributed by atoms with E-state index in [2.05, 4.69) is 20.5 Å². The number of aromatic nitrogens is 2. The first-order valence-electron chi connectivity index (χ1n) is 10.6. The van der Waals surface area contributed by atoms with Crippen LogP contribution in [0.4, 0.5) is 5.69 Å². The summed E-state index contributed by atoms with van der Waals surface area (Å²) in [4.78, 5) is 12.1. The first kappa shape index (κ1) is 21.4. The van der Waals surface area contributed by atoms with Gasteiger partial charge >= 0.3 is 0 Å². The van der Waals surface area contributed by atoms with Crippen LogP contribution in [0.15, 0.2) is 59.8 Å². The molecule has 0 unspecified atom stereocenters. The third-order valence-corrected chi connectivity index (χ3v) is 5.42. The fourth-order valence-corrected chi connectivity index (χ4v) is 3.67. The number of ether oxygens (including phenoxy) is 2. The molecule has 1 aliphatic heterocycles. The van der Waals surface area contributed by atoms with Gasteiger partial charge in [-0.3, -0.25) is 14.9 Å². The third kappa shape index (κ3) is 5.08. The molecule has 4 rings (SSSR count). The Bertz CT molecular complexity index is 1080. The van der Waals surface area contributed by atoms with E-state index in [0.717, 1.165) is 49.3 Å². The maximum Gasteiger partial charge on any atom is 0.273 e. The fourth-order valence-electron chi connectivity index (χ4n) is 3.67. The molecule has 3 aromatic rings. The Morgan fingerprint density at radius 2 is 1.91 bits per heavy atom. The van der Waals surface area contributed by atoms with E-state index in [0.29, 0.717) is 17.2 Å². The fraction of sp³-hybridized carbons (Fsp3) is 0.292. The monoisotopic (exact) mass is 433 g/mol. The maximum absolute atomic E-state index is 12.1. The lowest BCUT2D eigenvalue weighted by Gasteiger charge is -2.26. The van der Waals surface area contributed by atoms with Crippen molar-refractivity contribution < 1.29 is 14.3 Å². The molecule has 1 aliphatic rings. The standard InChI is InChI=1S/C24H27N5O3/c1-31-22-10-7-18(16-23(22)32-2)20-4-3-14-29(28-20)15-12-17-5-8-19(9-6-17)26-24(30)21-11-13-25-27-21/h5-11,13,16H,3-4,12,14-15H2,1-2H3,(H,25,27)(H,26,30). The number of amides is 1. The molecule has 2 aromatic carbocycles. The molecule has 166 valence electrons. The van der Waals surface area contributed by atoms with Gasteiger partial charge in [0.1, 0.15) is 5.69 Å². The molecule has 0 spiro atoms. The number of anilines is 1. The van der Waals surface area contributed by atoms with Gasteiger partial charge in [-0.05, 0) is 61.2 Å². The van der Waals surface area contributed by atoms with Gasteiger partial charge in [0.15, 0.2) is 11.5 Å². The molecule has 32 heavy (non-hydrogen) atoms. The van der Waals surface area contributed by atoms with E-state index < -0.39 is 0 Å². The molecule has 0 atom stereocenters. The summed E-state index contributed by atoms with van der Waals surface area (Å²) in [5, 5.41) is 16.3. The molecule has 0 saturated heterocycles. The van der Waals surface area contributed by atoms with Crippen molar-refractivity contribution in [3.8, 4) is 11.5 Å². The van der Waals surface area contributed by atoms with Crippen molar-refractivity contribution in [2.45, 2.75) is 19.3 Å². The zero-order valence-electron chi connectivity index (χ0n) is 18.3. The predicted octanol–water partition coefficient (Wildman–Crippen LogP) is 3.72. The van der Waals surface area contributed by atoms with Gasteiger partial charge in [0.05, 0.1) is 19.9 Å². The number of hydrogen-bond acceptors (Lipinski definition) is 6. The largest absolute Gasteiger partial charge is 0.493 e. The summed E-state index contributed by atoms with van der Waals surface area (Å²) in [6.07, 6.45) is 4.43. The molecule has 2 heterocycles. The van der Waals surface area contributed by atoms with Crippen molar-refractivity contribution in [3.63, 3.8) is 0 Å². The van der Waals surface area contributed by atoms with Crippen LogP contribution in [0.1, 0.15) is 34.5 Å². The molecule has 0 aliphatic carbocycles. The minimum absolute atomic E-state index is 0.208. The van der Waals surface area contributed by atoms with Crippen LogP contribution < -0.4 is 14.8 Å². The van der Waals surface area contributed by atoms with Crippen LogP contribution in [-0.2, 0) is 6.42 Å². The SMILES string of the molecule is COc1ccc(C2=NN(CCc3ccc(NC(=O)c4ccn[nH]4)cc3)CCC2)cc1OC. The molecule has 8 nitrogen and oxygen atoms in total. The maximum atomic E-state index is 12.1. The number of H-pyrrole nitrogens is 1. The van der Waals surface area contributed by atoms with Gasteiger partial charge in [-0.15, -0.1) is 0 Å². The number of nitrogens with one attached hydrogen (secondary N) is 2. The minimum atomic E-state index is -0.208. The van der Waals surface area contributed by atoms with Crippen LogP contribution in [0.3, 0.4) is 0 Å². The summed E-state index contributed by atoms with van der Waals surface area (Å²) in [5.41, 5.74) is 4.50. The van der Waals surface area contributed by atoms with Crippen LogP contribution in [0, 0.1) is 0 Å². The van der Waals surface area contributed by atoms with E-state index in [1.807, 2.05) is 42.5 Å². The van der Waals surface area contributed by atoms with Gasteiger partial charge in [-0.1, -0.05) is 12.1 Å². The predicted molar refractivity (Wildman–Crippen MR) is 124 cm³/mol. The summed E-state index contributed by atoms with van der Waals surface area (Å²) in [6, 6.07) is 15.5. The second kappa shape index (κ2) is 10.00. The first-order valence-corrected chi connectivity index (χ1v) is 10.6. The van der Waals surface area contributed by atoms with E-state index >= 15 is 0 Å². The molecule has 1 aromatic heterocycles. The molecule has 8 heteroatoms. The molecule has 0 saturated carbocycles. The number of rotatable bonds is 8. The Morgan fingerprint density at radius 1 is 1.09 bits per heavy atom. The van der Waals surface area contributed by atoms with Gasteiger partial charge < -0.3 is 14.8 Å². The summed E-state index contributed by atoms with van der Waals surface area (Å²) < 4.78 is 10.8. The van der Waals surface area contributed by atoms with Gasteiger partial charge in [-0.2, -0.15) is 10.2 Å². The van der Waals surface area contributed by atoms with Crippen molar-refractivity contribution in [3.05, 3.63) is 71.5 Å². The average molecular weight is 434 g/mol. The molecule has 1 amide bonds. The number of aromatic amines is 1. The number of benzene rings is 2. The number of carbonyl (C=O) groups excluding carboxylic acids is 1. The first-order chi connectivity index (χ1) is 15.7. The summed E-state index contributed by atoms with van der Waals surface area (Å²) in [5.74, 6) is 1.22. The lowest BCUT2D eigenvalue weighted by atomic mass is 10.0. The molecule has 0 fully saturated rings. The van der Waals surface area contributed by atoms with Gasteiger partial charge in [-0.25, -0.2) is 0 Å². The quantitative estimate of drug-likeness (QED) is 0.565. The average Bonchev–Trinajstić information content (AvgIpc) is 3.39. The zero-order chi connectivity index (χ0) is 22.3. The lowest BCUT2D eigenvalue weighted by molar-refractivity contribution is 0.102. The molecule has 0 bridgehead atoms. The van der Waals surface area contributed by atoms with Crippen LogP contribution in [0.2, 0.25) is 0 Å². The van der Waals surface area contributed by atoms with E-state index in [1.54, 1.807) is 26.5 Å². The van der Waals surface area contributed by atoms with Crippen molar-refractivity contribution in [2.75, 3.05) is 32.6 Å². The van der Waals surface area contributed by atoms with E-state index in [4.69, 9.17) is 14.6 Å². The highest BCUT2D eigenvalue weighted by Gasteiger charge is 2.16. The Labute approximate surface area is 187 Å². The highest BCUT2D eigenvalue weighted by Crippen LogP contribution is 2.29. The van der Waals surface area contributed by atoms with Crippen molar-refractivity contribution in [2.24, 2.45) is 5.10 Å². The number of methoxy groups -OCH3 is 2. The highest BCUT2D eigenvalue weighted by atomic mass is 16.5. The Hall–Kier alpha value is -3.81. The number of nitrogens with zero attached hydrogens (tertiary/aromatic N) is 3. The van der Waals surface area contributed by atoms with Crippen LogP contribution in [-0.4, -0.2) is 54.1 Å². The van der Waals surface area contributed by atoms with Crippen molar-refractivity contribution in [1.82, 2.24) is 15.2 Å². The van der Waals surface area contributed by atoms with Crippen molar-refractivity contribution >= 4 is 17.3 Å². The second-order valence-electron chi connectivity index (χ2n) is 7.55. The summed E-state index contributed by atoms with van der Waals surface area (Å²) >= 11 is 0. The lowest BCUT2D eigenvalue weighted by Crippen LogP contribution is -2.28. The van der Waals surface area contributed by atoms with Gasteiger partial charge in [0.2, 0.25) is 0 Å². The topological polar surface area (TPSA) is 91.8 Å². The van der Waals surface area contributed by atoms with E-state index in [1.165, 1.54) is 5.56 Å². The Balaban J connectivity index is 1.36. The summed E-state index contributed by atoms with van der Waals surface area (Å²) in [7, 11) is 3.28.